The minimum atomic E-state index is -1.21. The summed E-state index contributed by atoms with van der Waals surface area (Å²) in [5.41, 5.74) is 8.39. The highest BCUT2D eigenvalue weighted by molar-refractivity contribution is 7.85. The highest BCUT2D eigenvalue weighted by Gasteiger charge is 2.13. The van der Waals surface area contributed by atoms with Crippen molar-refractivity contribution in [2.24, 2.45) is 5.73 Å². The third-order valence-corrected chi connectivity index (χ3v) is 5.48. The fraction of sp³-hybridized carbons (Fsp3) is 0.250. The molecule has 2 aromatic carbocycles. The molecule has 0 aromatic heterocycles. The molecule has 2 N–H and O–H groups in total. The van der Waals surface area contributed by atoms with Crippen molar-refractivity contribution in [3.63, 3.8) is 0 Å². The Labute approximate surface area is 137 Å². The standard InChI is InChI=1S/C16H17Cl2NOS/c1-2-11-3-5-12(6-4-11)16(19)10-21(20)13-7-8-14(17)15(18)9-13/h3-9,16H,2,10,19H2,1H3. The zero-order valence-electron chi connectivity index (χ0n) is 11.7. The second-order valence-corrected chi connectivity index (χ2v) is 7.10. The lowest BCUT2D eigenvalue weighted by atomic mass is 10.1. The molecule has 0 bridgehead atoms. The molecule has 2 aromatic rings. The second-order valence-electron chi connectivity index (χ2n) is 4.79. The van der Waals surface area contributed by atoms with E-state index in [4.69, 9.17) is 28.9 Å². The van der Waals surface area contributed by atoms with Crippen LogP contribution in [-0.4, -0.2) is 9.96 Å². The van der Waals surface area contributed by atoms with E-state index in [1.165, 1.54) is 5.56 Å². The number of hydrogen-bond donors (Lipinski definition) is 1. The molecule has 2 rings (SSSR count). The molecule has 5 heteroatoms. The first kappa shape index (κ1) is 16.5. The topological polar surface area (TPSA) is 43.1 Å². The number of aryl methyl sites for hydroxylation is 1. The van der Waals surface area contributed by atoms with Crippen molar-refractivity contribution in [1.29, 1.82) is 0 Å². The maximum atomic E-state index is 12.3. The lowest BCUT2D eigenvalue weighted by molar-refractivity contribution is 0.675. The van der Waals surface area contributed by atoms with Gasteiger partial charge in [-0.2, -0.15) is 0 Å². The summed E-state index contributed by atoms with van der Waals surface area (Å²) in [6.45, 7) is 2.11. The van der Waals surface area contributed by atoms with Crippen LogP contribution in [0.1, 0.15) is 24.1 Å². The summed E-state index contributed by atoms with van der Waals surface area (Å²) in [7, 11) is -1.21. The Hall–Kier alpha value is -0.870. The number of hydrogen-bond acceptors (Lipinski definition) is 2. The molecule has 0 radical (unpaired) electrons. The quantitative estimate of drug-likeness (QED) is 0.877. The smallest absolute Gasteiger partial charge is 0.0604 e. The van der Waals surface area contributed by atoms with E-state index >= 15 is 0 Å². The van der Waals surface area contributed by atoms with E-state index in [0.29, 0.717) is 20.7 Å². The minimum Gasteiger partial charge on any atom is -0.323 e. The molecule has 0 heterocycles. The molecule has 112 valence electrons. The number of halogens is 2. The fourth-order valence-corrected chi connectivity index (χ4v) is 3.52. The molecule has 0 fully saturated rings. The zero-order chi connectivity index (χ0) is 15.4. The fourth-order valence-electron chi connectivity index (χ4n) is 1.97. The van der Waals surface area contributed by atoms with Crippen LogP contribution in [0.2, 0.25) is 10.0 Å². The molecule has 0 aliphatic carbocycles. The van der Waals surface area contributed by atoms with Gasteiger partial charge in [-0.1, -0.05) is 54.4 Å². The third-order valence-electron chi connectivity index (χ3n) is 3.30. The molecule has 21 heavy (non-hydrogen) atoms. The number of benzene rings is 2. The van der Waals surface area contributed by atoms with Gasteiger partial charge in [0.25, 0.3) is 0 Å². The summed E-state index contributed by atoms with van der Waals surface area (Å²) in [4.78, 5) is 0.644. The molecule has 0 saturated heterocycles. The van der Waals surface area contributed by atoms with Gasteiger partial charge in [0.1, 0.15) is 0 Å². The van der Waals surface area contributed by atoms with Crippen LogP contribution in [0.3, 0.4) is 0 Å². The van der Waals surface area contributed by atoms with Gasteiger partial charge in [-0.25, -0.2) is 0 Å². The van der Waals surface area contributed by atoms with Crippen molar-refractivity contribution in [1.82, 2.24) is 0 Å². The average molecular weight is 342 g/mol. The zero-order valence-corrected chi connectivity index (χ0v) is 14.0. The lowest BCUT2D eigenvalue weighted by Gasteiger charge is -2.12. The van der Waals surface area contributed by atoms with E-state index in [-0.39, 0.29) is 6.04 Å². The normalized spacial score (nSPS) is 13.9. The van der Waals surface area contributed by atoms with E-state index in [1.54, 1.807) is 18.2 Å². The van der Waals surface area contributed by atoms with Gasteiger partial charge in [0.05, 0.1) is 20.8 Å². The van der Waals surface area contributed by atoms with Crippen molar-refractivity contribution < 1.29 is 4.21 Å². The second kappa shape index (κ2) is 7.41. The molecular weight excluding hydrogens is 325 g/mol. The summed E-state index contributed by atoms with van der Waals surface area (Å²) >= 11 is 11.8. The largest absolute Gasteiger partial charge is 0.323 e. The molecule has 0 saturated carbocycles. The molecule has 2 unspecified atom stereocenters. The van der Waals surface area contributed by atoms with E-state index in [1.807, 2.05) is 12.1 Å². The van der Waals surface area contributed by atoms with Crippen molar-refractivity contribution in [3.8, 4) is 0 Å². The first-order valence-electron chi connectivity index (χ1n) is 6.69. The Morgan fingerprint density at radius 2 is 1.76 bits per heavy atom. The summed E-state index contributed by atoms with van der Waals surface area (Å²) in [5.74, 6) is 0.351. The Bertz CT molecular complexity index is 643. The average Bonchev–Trinajstić information content (AvgIpc) is 2.50. The first-order chi connectivity index (χ1) is 10.0. The van der Waals surface area contributed by atoms with Gasteiger partial charge >= 0.3 is 0 Å². The molecule has 2 nitrogen and oxygen atoms in total. The van der Waals surface area contributed by atoms with Crippen LogP contribution >= 0.6 is 23.2 Å². The molecule has 0 aliphatic rings. The van der Waals surface area contributed by atoms with Gasteiger partial charge in [-0.05, 0) is 35.7 Å². The van der Waals surface area contributed by atoms with E-state index < -0.39 is 10.8 Å². The maximum Gasteiger partial charge on any atom is 0.0604 e. The molecule has 2 atom stereocenters. The number of nitrogens with two attached hydrogens (primary N) is 1. The maximum absolute atomic E-state index is 12.3. The first-order valence-corrected chi connectivity index (χ1v) is 8.76. The van der Waals surface area contributed by atoms with Gasteiger partial charge in [-0.3, -0.25) is 4.21 Å². The van der Waals surface area contributed by atoms with E-state index in [0.717, 1.165) is 12.0 Å². The summed E-state index contributed by atoms with van der Waals surface area (Å²) in [6.07, 6.45) is 0.991. The van der Waals surface area contributed by atoms with Crippen molar-refractivity contribution in [2.75, 3.05) is 5.75 Å². The van der Waals surface area contributed by atoms with Crippen LogP contribution in [0, 0.1) is 0 Å². The van der Waals surface area contributed by atoms with Crippen molar-refractivity contribution in [2.45, 2.75) is 24.3 Å². The molecule has 0 amide bonds. The van der Waals surface area contributed by atoms with E-state index in [2.05, 4.69) is 19.1 Å². The summed E-state index contributed by atoms with van der Waals surface area (Å²) < 4.78 is 12.3. The summed E-state index contributed by atoms with van der Waals surface area (Å²) in [6, 6.07) is 12.8. The highest BCUT2D eigenvalue weighted by Crippen LogP contribution is 2.25. The summed E-state index contributed by atoms with van der Waals surface area (Å²) in [5, 5.41) is 0.861. The van der Waals surface area contributed by atoms with Crippen LogP contribution in [0.5, 0.6) is 0 Å². The van der Waals surface area contributed by atoms with Crippen LogP contribution in [0.15, 0.2) is 47.4 Å². The lowest BCUT2D eigenvalue weighted by Crippen LogP contribution is -2.18. The van der Waals surface area contributed by atoms with Crippen molar-refractivity contribution >= 4 is 34.0 Å². The van der Waals surface area contributed by atoms with Gasteiger partial charge < -0.3 is 5.73 Å². The van der Waals surface area contributed by atoms with E-state index in [9.17, 15) is 4.21 Å². The predicted molar refractivity (Wildman–Crippen MR) is 90.5 cm³/mol. The number of rotatable bonds is 5. The van der Waals surface area contributed by atoms with Gasteiger partial charge in [-0.15, -0.1) is 0 Å². The Morgan fingerprint density at radius 3 is 2.33 bits per heavy atom. The monoisotopic (exact) mass is 341 g/mol. The van der Waals surface area contributed by atoms with Crippen molar-refractivity contribution in [3.05, 3.63) is 63.6 Å². The Kier molecular flexibility index (Phi) is 5.82. The van der Waals surface area contributed by atoms with Gasteiger partial charge in [0, 0.05) is 16.7 Å². The predicted octanol–water partition coefficient (Wildman–Crippen LogP) is 4.36. The highest BCUT2D eigenvalue weighted by atomic mass is 35.5. The molecule has 0 aliphatic heterocycles. The molecule has 0 spiro atoms. The van der Waals surface area contributed by atoms with Crippen LogP contribution in [0.25, 0.3) is 0 Å². The van der Waals surface area contributed by atoms with Crippen LogP contribution in [-0.2, 0) is 17.2 Å². The molecular formula is C16H17Cl2NOS. The SMILES string of the molecule is CCc1ccc(C(N)CS(=O)c2ccc(Cl)c(Cl)c2)cc1. The Morgan fingerprint density at radius 1 is 1.10 bits per heavy atom. The Balaban J connectivity index is 2.08. The van der Waals surface area contributed by atoms with Gasteiger partial charge in [0.15, 0.2) is 0 Å². The van der Waals surface area contributed by atoms with Gasteiger partial charge in [0.2, 0.25) is 0 Å². The minimum absolute atomic E-state index is 0.272. The third kappa shape index (κ3) is 4.30. The van der Waals surface area contributed by atoms with Crippen LogP contribution < -0.4 is 5.73 Å². The van der Waals surface area contributed by atoms with Crippen LogP contribution in [0.4, 0.5) is 0 Å².